The maximum Gasteiger partial charge on any atom is 0.407 e. The van der Waals surface area contributed by atoms with Crippen LogP contribution in [-0.4, -0.2) is 59.7 Å². The number of likely N-dealkylation sites (tertiary alicyclic amines) is 1. The molecule has 1 fully saturated rings. The van der Waals surface area contributed by atoms with E-state index in [1.807, 2.05) is 0 Å². The minimum atomic E-state index is -0.622. The van der Waals surface area contributed by atoms with Crippen LogP contribution < -0.4 is 10.1 Å². The molecule has 1 atom stereocenters. The van der Waals surface area contributed by atoms with E-state index in [-0.39, 0.29) is 30.2 Å². The zero-order valence-corrected chi connectivity index (χ0v) is 14.9. The van der Waals surface area contributed by atoms with Crippen molar-refractivity contribution in [2.24, 2.45) is 0 Å². The summed E-state index contributed by atoms with van der Waals surface area (Å²) in [5.41, 5.74) is 0. The Bertz CT molecular complexity index is 573. The second kappa shape index (κ2) is 9.36. The van der Waals surface area contributed by atoms with Crippen LogP contribution in [0.15, 0.2) is 24.3 Å². The Morgan fingerprint density at radius 2 is 1.96 bits per heavy atom. The summed E-state index contributed by atoms with van der Waals surface area (Å²) in [6, 6.07) is 6.23. The summed E-state index contributed by atoms with van der Waals surface area (Å²) in [4.78, 5) is 25.7. The standard InChI is InChI=1S/C17H23ClN2O5/c1-12(25-15-4-2-14(21)3-5-15)16(22)20-9-6-13(7-10-20)19-17(23)24-11-8-18/h2-5,12-13,21H,6-11H2,1H3,(H,19,23). The van der Waals surface area contributed by atoms with Crippen molar-refractivity contribution >= 4 is 23.6 Å². The topological polar surface area (TPSA) is 88.1 Å². The molecule has 0 spiro atoms. The van der Waals surface area contributed by atoms with Crippen molar-refractivity contribution < 1.29 is 24.2 Å². The molecule has 1 aromatic carbocycles. The number of alkyl halides is 1. The van der Waals surface area contributed by atoms with Crippen LogP contribution in [0.3, 0.4) is 0 Å². The number of piperidine rings is 1. The van der Waals surface area contributed by atoms with E-state index < -0.39 is 12.2 Å². The molecule has 0 saturated carbocycles. The first-order valence-electron chi connectivity index (χ1n) is 8.23. The van der Waals surface area contributed by atoms with E-state index in [1.54, 1.807) is 24.0 Å². The van der Waals surface area contributed by atoms with Crippen LogP contribution in [0.2, 0.25) is 0 Å². The third-order valence-corrected chi connectivity index (χ3v) is 4.09. The Balaban J connectivity index is 1.76. The lowest BCUT2D eigenvalue weighted by Crippen LogP contribution is -2.49. The lowest BCUT2D eigenvalue weighted by molar-refractivity contribution is -0.139. The Morgan fingerprint density at radius 1 is 1.32 bits per heavy atom. The monoisotopic (exact) mass is 370 g/mol. The molecule has 0 radical (unpaired) electrons. The molecule has 2 rings (SSSR count). The van der Waals surface area contributed by atoms with Gasteiger partial charge < -0.3 is 24.8 Å². The van der Waals surface area contributed by atoms with E-state index in [2.05, 4.69) is 5.32 Å². The highest BCUT2D eigenvalue weighted by Crippen LogP contribution is 2.19. The number of ether oxygens (including phenoxy) is 2. The normalized spacial score (nSPS) is 16.2. The number of phenolic OH excluding ortho intramolecular Hbond substituents is 1. The molecule has 8 heteroatoms. The van der Waals surface area contributed by atoms with Gasteiger partial charge in [0.05, 0.1) is 5.88 Å². The zero-order chi connectivity index (χ0) is 18.2. The van der Waals surface area contributed by atoms with Gasteiger partial charge in [-0.25, -0.2) is 4.79 Å². The number of nitrogens with one attached hydrogen (secondary N) is 1. The number of carbonyl (C=O) groups excluding carboxylic acids is 2. The van der Waals surface area contributed by atoms with Gasteiger partial charge in [0.1, 0.15) is 18.1 Å². The van der Waals surface area contributed by atoms with Crippen molar-refractivity contribution in [3.63, 3.8) is 0 Å². The summed E-state index contributed by atoms with van der Waals surface area (Å²) in [6.45, 7) is 2.96. The number of benzene rings is 1. The molecule has 1 aliphatic rings. The molecule has 0 aromatic heterocycles. The fraction of sp³-hybridized carbons (Fsp3) is 0.529. The van der Waals surface area contributed by atoms with Crippen LogP contribution >= 0.6 is 11.6 Å². The van der Waals surface area contributed by atoms with Gasteiger partial charge in [-0.1, -0.05) is 0 Å². The Kier molecular flexibility index (Phi) is 7.18. The summed E-state index contributed by atoms with van der Waals surface area (Å²) in [5, 5.41) is 12.0. The van der Waals surface area contributed by atoms with Crippen LogP contribution in [0.25, 0.3) is 0 Å². The number of rotatable bonds is 6. The van der Waals surface area contributed by atoms with Gasteiger partial charge in [0.2, 0.25) is 0 Å². The fourth-order valence-electron chi connectivity index (χ4n) is 2.62. The van der Waals surface area contributed by atoms with E-state index in [9.17, 15) is 14.7 Å². The number of phenols is 1. The van der Waals surface area contributed by atoms with E-state index in [0.29, 0.717) is 31.7 Å². The van der Waals surface area contributed by atoms with E-state index in [1.165, 1.54) is 12.1 Å². The number of carbonyl (C=O) groups is 2. The molecule has 2 amide bonds. The highest BCUT2D eigenvalue weighted by Gasteiger charge is 2.27. The van der Waals surface area contributed by atoms with Gasteiger partial charge in [-0.05, 0) is 44.0 Å². The fourth-order valence-corrected chi connectivity index (χ4v) is 2.70. The van der Waals surface area contributed by atoms with Gasteiger partial charge in [0.25, 0.3) is 5.91 Å². The number of hydrogen-bond acceptors (Lipinski definition) is 5. The van der Waals surface area contributed by atoms with Crippen LogP contribution in [-0.2, 0) is 9.53 Å². The molecule has 0 bridgehead atoms. The van der Waals surface area contributed by atoms with Crippen molar-refractivity contribution in [3.05, 3.63) is 24.3 Å². The Morgan fingerprint density at radius 3 is 2.56 bits per heavy atom. The Labute approximate surface area is 151 Å². The van der Waals surface area contributed by atoms with Gasteiger partial charge >= 0.3 is 6.09 Å². The molecule has 7 nitrogen and oxygen atoms in total. The second-order valence-electron chi connectivity index (χ2n) is 5.82. The SMILES string of the molecule is CC(Oc1ccc(O)cc1)C(=O)N1CCC(NC(=O)OCCCl)CC1. The average molecular weight is 371 g/mol. The highest BCUT2D eigenvalue weighted by atomic mass is 35.5. The maximum absolute atomic E-state index is 12.5. The van der Waals surface area contributed by atoms with Gasteiger partial charge in [0.15, 0.2) is 6.10 Å². The van der Waals surface area contributed by atoms with Crippen molar-refractivity contribution in [2.75, 3.05) is 25.6 Å². The van der Waals surface area contributed by atoms with Gasteiger partial charge in [-0.15, -0.1) is 11.6 Å². The number of halogens is 1. The molecule has 1 saturated heterocycles. The third-order valence-electron chi connectivity index (χ3n) is 3.94. The first kappa shape index (κ1) is 19.2. The number of amides is 2. The van der Waals surface area contributed by atoms with Crippen molar-refractivity contribution in [1.29, 1.82) is 0 Å². The average Bonchev–Trinajstić information content (AvgIpc) is 2.62. The first-order valence-corrected chi connectivity index (χ1v) is 8.76. The van der Waals surface area contributed by atoms with Crippen molar-refractivity contribution in [2.45, 2.75) is 31.9 Å². The van der Waals surface area contributed by atoms with Crippen LogP contribution in [0.4, 0.5) is 4.79 Å². The smallest absolute Gasteiger partial charge is 0.407 e. The molecule has 25 heavy (non-hydrogen) atoms. The quantitative estimate of drug-likeness (QED) is 0.749. The minimum Gasteiger partial charge on any atom is -0.508 e. The minimum absolute atomic E-state index is 0.0137. The van der Waals surface area contributed by atoms with Crippen molar-refractivity contribution in [3.8, 4) is 11.5 Å². The van der Waals surface area contributed by atoms with E-state index in [0.717, 1.165) is 0 Å². The molecule has 138 valence electrons. The molecule has 1 aliphatic heterocycles. The molecule has 1 unspecified atom stereocenters. The van der Waals surface area contributed by atoms with Gasteiger partial charge in [-0.3, -0.25) is 4.79 Å². The molecular formula is C17H23ClN2O5. The number of aromatic hydroxyl groups is 1. The molecule has 1 aromatic rings. The van der Waals surface area contributed by atoms with Crippen LogP contribution in [0.1, 0.15) is 19.8 Å². The summed E-state index contributed by atoms with van der Waals surface area (Å²) in [5.74, 6) is 0.832. The molecule has 1 heterocycles. The second-order valence-corrected chi connectivity index (χ2v) is 6.20. The van der Waals surface area contributed by atoms with Gasteiger partial charge in [0, 0.05) is 19.1 Å². The summed E-state index contributed by atoms with van der Waals surface area (Å²) >= 11 is 5.46. The number of hydrogen-bond donors (Lipinski definition) is 2. The third kappa shape index (κ3) is 6.01. The van der Waals surface area contributed by atoms with Crippen molar-refractivity contribution in [1.82, 2.24) is 10.2 Å². The molecular weight excluding hydrogens is 348 g/mol. The predicted octanol–water partition coefficient (Wildman–Crippen LogP) is 2.12. The summed E-state index contributed by atoms with van der Waals surface area (Å²) in [6.07, 6.45) is 0.221. The predicted molar refractivity (Wildman–Crippen MR) is 93.0 cm³/mol. The lowest BCUT2D eigenvalue weighted by atomic mass is 10.0. The lowest BCUT2D eigenvalue weighted by Gasteiger charge is -2.33. The van der Waals surface area contributed by atoms with E-state index in [4.69, 9.17) is 21.1 Å². The highest BCUT2D eigenvalue weighted by molar-refractivity contribution is 6.18. The van der Waals surface area contributed by atoms with Gasteiger partial charge in [-0.2, -0.15) is 0 Å². The number of alkyl carbamates (subject to hydrolysis) is 1. The first-order chi connectivity index (χ1) is 12.0. The molecule has 2 N–H and O–H groups in total. The zero-order valence-electron chi connectivity index (χ0n) is 14.1. The summed E-state index contributed by atoms with van der Waals surface area (Å²) < 4.78 is 10.5. The van der Waals surface area contributed by atoms with Crippen LogP contribution in [0, 0.1) is 0 Å². The summed E-state index contributed by atoms with van der Waals surface area (Å²) in [7, 11) is 0. The molecule has 0 aliphatic carbocycles. The Hall–Kier alpha value is -2.15. The number of nitrogens with zero attached hydrogens (tertiary/aromatic N) is 1. The maximum atomic E-state index is 12.5. The largest absolute Gasteiger partial charge is 0.508 e. The van der Waals surface area contributed by atoms with Crippen LogP contribution in [0.5, 0.6) is 11.5 Å². The van der Waals surface area contributed by atoms with E-state index >= 15 is 0 Å².